The van der Waals surface area contributed by atoms with Gasteiger partial charge in [0.1, 0.15) is 10.9 Å². The zero-order chi connectivity index (χ0) is 26.5. The summed E-state index contributed by atoms with van der Waals surface area (Å²) in [7, 11) is 1.35. The largest absolute Gasteiger partial charge is 0.465 e. The summed E-state index contributed by atoms with van der Waals surface area (Å²) in [5.74, 6) is 6.31. The minimum atomic E-state index is -0.618. The summed E-state index contributed by atoms with van der Waals surface area (Å²) in [5, 5.41) is 0. The van der Waals surface area contributed by atoms with Crippen LogP contribution >= 0.6 is 11.3 Å². The van der Waals surface area contributed by atoms with Gasteiger partial charge in [0.25, 0.3) is 0 Å². The van der Waals surface area contributed by atoms with Crippen LogP contribution in [0.15, 0.2) is 6.07 Å². The van der Waals surface area contributed by atoms with E-state index in [2.05, 4.69) is 25.7 Å². The first-order chi connectivity index (χ1) is 17.1. The third-order valence-electron chi connectivity index (χ3n) is 7.06. The average molecular weight is 515 g/mol. The number of hydrogen-bond donors (Lipinski definition) is 0. The van der Waals surface area contributed by atoms with Gasteiger partial charge in [0.05, 0.1) is 17.7 Å². The van der Waals surface area contributed by atoms with E-state index in [9.17, 15) is 14.4 Å². The van der Waals surface area contributed by atoms with Crippen LogP contribution in [0.1, 0.15) is 101 Å². The van der Waals surface area contributed by atoms with Crippen LogP contribution in [0.25, 0.3) is 0 Å². The maximum Gasteiger partial charge on any atom is 0.350 e. The normalized spacial score (nSPS) is 22.9. The number of methoxy groups -OCH3 is 1. The molecule has 3 rings (SSSR count). The number of nitrogens with zero attached hydrogens (tertiary/aromatic N) is 2. The van der Waals surface area contributed by atoms with Gasteiger partial charge in [0.15, 0.2) is 0 Å². The standard InChI is InChI=1S/C29H42N2O4S/c1-7-17-30-18-9-8-10-23(27(30)33)31(26(32)21-13-11-20(2)12-14-21)24-19-22(15-16-29(3,4)5)36-25(24)28(34)35-6/h19-21,23H,7-14,17-18H2,1-6H3/t20-,21-,23-/m0/s1. The molecule has 1 saturated heterocycles. The molecule has 0 radical (unpaired) electrons. The Bertz CT molecular complexity index is 1000. The number of anilines is 1. The van der Waals surface area contributed by atoms with Crippen molar-refractivity contribution in [1.29, 1.82) is 0 Å². The van der Waals surface area contributed by atoms with Gasteiger partial charge in [-0.25, -0.2) is 4.79 Å². The molecule has 0 spiro atoms. The Morgan fingerprint density at radius 3 is 2.47 bits per heavy atom. The van der Waals surface area contributed by atoms with Gasteiger partial charge in [-0.2, -0.15) is 0 Å². The number of rotatable bonds is 6. The Hall–Kier alpha value is -2.33. The van der Waals surface area contributed by atoms with E-state index in [1.807, 2.05) is 31.7 Å². The zero-order valence-electron chi connectivity index (χ0n) is 22.8. The van der Waals surface area contributed by atoms with Crippen molar-refractivity contribution >= 4 is 34.8 Å². The molecule has 2 fully saturated rings. The predicted octanol–water partition coefficient (Wildman–Crippen LogP) is 5.88. The van der Waals surface area contributed by atoms with E-state index in [0.717, 1.165) is 44.9 Å². The van der Waals surface area contributed by atoms with Crippen molar-refractivity contribution in [2.75, 3.05) is 25.1 Å². The monoisotopic (exact) mass is 514 g/mol. The smallest absolute Gasteiger partial charge is 0.350 e. The summed E-state index contributed by atoms with van der Waals surface area (Å²) in [4.78, 5) is 45.5. The molecule has 7 heteroatoms. The van der Waals surface area contributed by atoms with E-state index >= 15 is 0 Å². The highest BCUT2D eigenvalue weighted by Gasteiger charge is 2.40. The van der Waals surface area contributed by atoms with Gasteiger partial charge < -0.3 is 9.64 Å². The molecule has 6 nitrogen and oxygen atoms in total. The minimum Gasteiger partial charge on any atom is -0.465 e. The first-order valence-electron chi connectivity index (χ1n) is 13.4. The van der Waals surface area contributed by atoms with Gasteiger partial charge in [-0.3, -0.25) is 14.5 Å². The second-order valence-electron chi connectivity index (χ2n) is 11.3. The van der Waals surface area contributed by atoms with Crippen molar-refractivity contribution in [3.05, 3.63) is 15.8 Å². The predicted molar refractivity (Wildman–Crippen MR) is 145 cm³/mol. The van der Waals surface area contributed by atoms with Crippen LogP contribution in [-0.2, 0) is 14.3 Å². The molecule has 1 aromatic heterocycles. The minimum absolute atomic E-state index is 0.0174. The number of hydrogen-bond acceptors (Lipinski definition) is 5. The number of esters is 1. The van der Waals surface area contributed by atoms with Gasteiger partial charge >= 0.3 is 5.97 Å². The Labute approximate surface area is 220 Å². The fraction of sp³-hybridized carbons (Fsp3) is 0.690. The summed E-state index contributed by atoms with van der Waals surface area (Å²) in [6.45, 7) is 11.8. The van der Waals surface area contributed by atoms with E-state index < -0.39 is 12.0 Å². The molecule has 1 atom stereocenters. The third-order valence-corrected chi connectivity index (χ3v) is 8.08. The molecule has 198 valence electrons. The van der Waals surface area contributed by atoms with Crippen molar-refractivity contribution < 1.29 is 19.1 Å². The second kappa shape index (κ2) is 12.3. The lowest BCUT2D eigenvalue weighted by Crippen LogP contribution is -2.52. The molecule has 2 amide bonds. The zero-order valence-corrected chi connectivity index (χ0v) is 23.6. The van der Waals surface area contributed by atoms with Crippen LogP contribution in [0.4, 0.5) is 5.69 Å². The van der Waals surface area contributed by atoms with Crippen LogP contribution in [-0.4, -0.2) is 48.9 Å². The molecule has 1 saturated carbocycles. The summed E-state index contributed by atoms with van der Waals surface area (Å²) in [6, 6.07) is 1.20. The lowest BCUT2D eigenvalue weighted by atomic mass is 9.82. The molecule has 0 unspecified atom stereocenters. The number of amides is 2. The number of carbonyl (C=O) groups is 3. The fourth-order valence-corrected chi connectivity index (χ4v) is 5.99. The van der Waals surface area contributed by atoms with Crippen molar-refractivity contribution in [1.82, 2.24) is 4.90 Å². The Kier molecular flexibility index (Phi) is 9.63. The number of likely N-dealkylation sites (tertiary alicyclic amines) is 1. The second-order valence-corrected chi connectivity index (χ2v) is 12.4. The van der Waals surface area contributed by atoms with Crippen LogP contribution < -0.4 is 4.90 Å². The van der Waals surface area contributed by atoms with Crippen molar-refractivity contribution in [2.24, 2.45) is 17.3 Å². The van der Waals surface area contributed by atoms with E-state index in [4.69, 9.17) is 4.74 Å². The molecule has 0 aromatic carbocycles. The molecular formula is C29H42N2O4S. The van der Waals surface area contributed by atoms with E-state index in [0.29, 0.717) is 40.9 Å². The number of thiophene rings is 1. The lowest BCUT2D eigenvalue weighted by Gasteiger charge is -2.36. The lowest BCUT2D eigenvalue weighted by molar-refractivity contribution is -0.135. The van der Waals surface area contributed by atoms with Crippen molar-refractivity contribution in [2.45, 2.75) is 92.0 Å². The quantitative estimate of drug-likeness (QED) is 0.351. The number of carbonyl (C=O) groups excluding carboxylic acids is 3. The molecule has 0 bridgehead atoms. The first kappa shape index (κ1) is 28.2. The highest BCUT2D eigenvalue weighted by Crippen LogP contribution is 2.38. The van der Waals surface area contributed by atoms with Crippen LogP contribution in [0.2, 0.25) is 0 Å². The molecule has 0 N–H and O–H groups in total. The summed E-state index contributed by atoms with van der Waals surface area (Å²) < 4.78 is 5.11. The summed E-state index contributed by atoms with van der Waals surface area (Å²) >= 11 is 1.24. The van der Waals surface area contributed by atoms with Crippen LogP contribution in [0, 0.1) is 29.1 Å². The van der Waals surface area contributed by atoms with Gasteiger partial charge in [0, 0.05) is 24.4 Å². The molecular weight excluding hydrogens is 472 g/mol. The SMILES string of the molecule is CCCN1CCCC[C@H](N(c2cc(C#CC(C)(C)C)sc2C(=O)OC)C(=O)[C@H]2CC[C@H](C)CC2)C1=O. The fourth-order valence-electron chi connectivity index (χ4n) is 5.07. The van der Waals surface area contributed by atoms with Crippen molar-refractivity contribution in [3.8, 4) is 11.8 Å². The molecule has 1 aromatic rings. The topological polar surface area (TPSA) is 66.9 Å². The maximum atomic E-state index is 14.2. The van der Waals surface area contributed by atoms with Crippen molar-refractivity contribution in [3.63, 3.8) is 0 Å². The average Bonchev–Trinajstić information content (AvgIpc) is 3.18. The van der Waals surface area contributed by atoms with Crippen LogP contribution in [0.3, 0.4) is 0 Å². The molecule has 1 aliphatic heterocycles. The van der Waals surface area contributed by atoms with E-state index in [-0.39, 0.29) is 23.1 Å². The molecule has 2 heterocycles. The Balaban J connectivity index is 2.12. The highest BCUT2D eigenvalue weighted by atomic mass is 32.1. The third kappa shape index (κ3) is 6.91. The first-order valence-corrected chi connectivity index (χ1v) is 14.2. The molecule has 1 aliphatic carbocycles. The van der Waals surface area contributed by atoms with Gasteiger partial charge in [-0.1, -0.05) is 25.7 Å². The van der Waals surface area contributed by atoms with E-state index in [1.165, 1.54) is 18.4 Å². The maximum absolute atomic E-state index is 14.2. The van der Waals surface area contributed by atoms with Gasteiger partial charge in [0.2, 0.25) is 11.8 Å². The van der Waals surface area contributed by atoms with E-state index in [1.54, 1.807) is 4.90 Å². The molecule has 2 aliphatic rings. The number of ether oxygens (including phenoxy) is 1. The highest BCUT2D eigenvalue weighted by molar-refractivity contribution is 7.15. The Morgan fingerprint density at radius 2 is 1.86 bits per heavy atom. The summed E-state index contributed by atoms with van der Waals surface area (Å²) in [5.41, 5.74) is 0.271. The van der Waals surface area contributed by atoms with Gasteiger partial charge in [-0.15, -0.1) is 11.3 Å². The van der Waals surface area contributed by atoms with Gasteiger partial charge in [-0.05, 0) is 84.1 Å². The van der Waals surface area contributed by atoms with Crippen LogP contribution in [0.5, 0.6) is 0 Å². The molecule has 36 heavy (non-hydrogen) atoms. The Morgan fingerprint density at radius 1 is 1.17 bits per heavy atom. The summed E-state index contributed by atoms with van der Waals surface area (Å²) in [6.07, 6.45) is 6.85.